The van der Waals surface area contributed by atoms with E-state index in [4.69, 9.17) is 19.9 Å². The topological polar surface area (TPSA) is 94.6 Å². The fourth-order valence-electron chi connectivity index (χ4n) is 3.91. The number of carbonyl (C=O) groups excluding carboxylic acids is 1. The molecule has 2 aromatic rings. The van der Waals surface area contributed by atoms with E-state index in [0.29, 0.717) is 47.7 Å². The Morgan fingerprint density at radius 2 is 1.97 bits per heavy atom. The Morgan fingerprint density at radius 1 is 1.19 bits per heavy atom. The number of nitriles is 1. The molecule has 31 heavy (non-hydrogen) atoms. The van der Waals surface area contributed by atoms with Crippen LogP contribution < -0.4 is 15.2 Å². The maximum absolute atomic E-state index is 13.1. The Hall–Kier alpha value is -3.79. The van der Waals surface area contributed by atoms with Crippen molar-refractivity contribution in [2.45, 2.75) is 31.8 Å². The van der Waals surface area contributed by atoms with Crippen LogP contribution in [0.4, 0.5) is 4.39 Å². The summed E-state index contributed by atoms with van der Waals surface area (Å²) in [7, 11) is 1.51. The minimum absolute atomic E-state index is 0.0246. The van der Waals surface area contributed by atoms with Crippen LogP contribution in [0.1, 0.15) is 36.3 Å². The van der Waals surface area contributed by atoms with Crippen LogP contribution in [-0.4, -0.2) is 12.9 Å². The van der Waals surface area contributed by atoms with Crippen molar-refractivity contribution in [3.63, 3.8) is 0 Å². The van der Waals surface area contributed by atoms with Gasteiger partial charge < -0.3 is 19.9 Å². The van der Waals surface area contributed by atoms with Crippen LogP contribution in [0.25, 0.3) is 0 Å². The molecule has 0 unspecified atom stereocenters. The lowest BCUT2D eigenvalue weighted by molar-refractivity contribution is -0.116. The molecule has 0 bridgehead atoms. The number of methoxy groups -OCH3 is 1. The van der Waals surface area contributed by atoms with Crippen molar-refractivity contribution in [3.05, 3.63) is 82.2 Å². The summed E-state index contributed by atoms with van der Waals surface area (Å²) in [4.78, 5) is 12.7. The van der Waals surface area contributed by atoms with Crippen molar-refractivity contribution in [1.82, 2.24) is 0 Å². The lowest BCUT2D eigenvalue weighted by Crippen LogP contribution is -2.27. The number of nitrogens with zero attached hydrogens (tertiary/aromatic N) is 1. The highest BCUT2D eigenvalue weighted by atomic mass is 19.1. The van der Waals surface area contributed by atoms with E-state index in [1.165, 1.54) is 19.2 Å². The van der Waals surface area contributed by atoms with E-state index in [2.05, 4.69) is 6.07 Å². The number of ether oxygens (including phenoxy) is 3. The van der Waals surface area contributed by atoms with Gasteiger partial charge in [-0.3, -0.25) is 4.79 Å². The van der Waals surface area contributed by atoms with Crippen molar-refractivity contribution in [1.29, 1.82) is 5.26 Å². The summed E-state index contributed by atoms with van der Waals surface area (Å²) >= 11 is 0. The first-order valence-electron chi connectivity index (χ1n) is 9.90. The summed E-state index contributed by atoms with van der Waals surface area (Å²) in [5.74, 6) is 0.539. The number of rotatable bonds is 5. The first-order chi connectivity index (χ1) is 15.0. The van der Waals surface area contributed by atoms with Gasteiger partial charge in [0, 0.05) is 18.4 Å². The zero-order valence-electron chi connectivity index (χ0n) is 17.0. The van der Waals surface area contributed by atoms with Gasteiger partial charge in [0.25, 0.3) is 0 Å². The van der Waals surface area contributed by atoms with Crippen LogP contribution in [0.2, 0.25) is 0 Å². The van der Waals surface area contributed by atoms with Crippen LogP contribution in [0.15, 0.2) is 65.3 Å². The summed E-state index contributed by atoms with van der Waals surface area (Å²) in [6.45, 7) is 0.233. The number of hydrogen-bond donors (Lipinski definition) is 1. The number of allylic oxidation sites excluding steroid dienone is 3. The normalized spacial score (nSPS) is 18.2. The van der Waals surface area contributed by atoms with Gasteiger partial charge in [0.05, 0.1) is 13.0 Å². The third-order valence-electron chi connectivity index (χ3n) is 5.43. The van der Waals surface area contributed by atoms with Gasteiger partial charge in [-0.05, 0) is 41.8 Å². The quantitative estimate of drug-likeness (QED) is 0.778. The number of ketones is 1. The summed E-state index contributed by atoms with van der Waals surface area (Å²) in [6.07, 6.45) is 1.71. The predicted molar refractivity (Wildman–Crippen MR) is 110 cm³/mol. The lowest BCUT2D eigenvalue weighted by Gasteiger charge is -2.31. The molecule has 0 aromatic heterocycles. The van der Waals surface area contributed by atoms with Crippen LogP contribution in [0.3, 0.4) is 0 Å². The third kappa shape index (κ3) is 3.97. The summed E-state index contributed by atoms with van der Waals surface area (Å²) < 4.78 is 30.0. The fraction of sp³-hybridized carbons (Fsp3) is 0.250. The molecule has 0 radical (unpaired) electrons. The van der Waals surface area contributed by atoms with Crippen molar-refractivity contribution in [3.8, 4) is 17.6 Å². The molecule has 6 nitrogen and oxygen atoms in total. The molecule has 7 heteroatoms. The standard InChI is InChI=1S/C24H21FN2O4/c1-29-21-11-15(7-10-19(21)30-13-14-5-8-16(25)9-6-14)22-17(12-26)24(27)31-20-4-2-3-18(28)23(20)22/h5-11,22H,2-4,13,27H2,1H3/t22-/m0/s1. The highest BCUT2D eigenvalue weighted by Crippen LogP contribution is 2.45. The number of halogens is 1. The summed E-state index contributed by atoms with van der Waals surface area (Å²) in [6, 6.07) is 13.4. The Morgan fingerprint density at radius 3 is 2.68 bits per heavy atom. The largest absolute Gasteiger partial charge is 0.493 e. The average molecular weight is 420 g/mol. The smallest absolute Gasteiger partial charge is 0.205 e. The average Bonchev–Trinajstić information content (AvgIpc) is 2.78. The van der Waals surface area contributed by atoms with E-state index in [0.717, 1.165) is 5.56 Å². The molecule has 1 atom stereocenters. The molecule has 0 spiro atoms. The second-order valence-corrected chi connectivity index (χ2v) is 7.36. The maximum Gasteiger partial charge on any atom is 0.205 e. The predicted octanol–water partition coefficient (Wildman–Crippen LogP) is 4.23. The molecule has 4 rings (SSSR count). The number of benzene rings is 2. The van der Waals surface area contributed by atoms with Gasteiger partial charge in [0.15, 0.2) is 17.3 Å². The second kappa shape index (κ2) is 8.52. The second-order valence-electron chi connectivity index (χ2n) is 7.36. The van der Waals surface area contributed by atoms with E-state index >= 15 is 0 Å². The molecule has 0 amide bonds. The monoisotopic (exact) mass is 420 g/mol. The molecule has 2 aromatic carbocycles. The van der Waals surface area contributed by atoms with Crippen molar-refractivity contribution < 1.29 is 23.4 Å². The van der Waals surface area contributed by atoms with Gasteiger partial charge in [0.1, 0.15) is 29.8 Å². The third-order valence-corrected chi connectivity index (χ3v) is 5.43. The molecule has 0 saturated carbocycles. The van der Waals surface area contributed by atoms with Gasteiger partial charge in [-0.2, -0.15) is 5.26 Å². The van der Waals surface area contributed by atoms with Gasteiger partial charge in [-0.1, -0.05) is 18.2 Å². The Bertz CT molecular complexity index is 1130. The molecular weight excluding hydrogens is 399 g/mol. The van der Waals surface area contributed by atoms with E-state index in [9.17, 15) is 14.4 Å². The van der Waals surface area contributed by atoms with Crippen LogP contribution in [-0.2, 0) is 16.1 Å². The van der Waals surface area contributed by atoms with E-state index < -0.39 is 5.92 Å². The molecule has 2 aliphatic rings. The molecule has 1 aliphatic heterocycles. The van der Waals surface area contributed by atoms with E-state index in [-0.39, 0.29) is 29.7 Å². The lowest BCUT2D eigenvalue weighted by atomic mass is 9.77. The van der Waals surface area contributed by atoms with Gasteiger partial charge in [0.2, 0.25) is 5.88 Å². The van der Waals surface area contributed by atoms with Crippen molar-refractivity contribution in [2.75, 3.05) is 7.11 Å². The SMILES string of the molecule is COc1cc([C@H]2C(C#N)=C(N)OC3=C2C(=O)CCC3)ccc1OCc1ccc(F)cc1. The van der Waals surface area contributed by atoms with Gasteiger partial charge in [-0.25, -0.2) is 4.39 Å². The summed E-state index contributed by atoms with van der Waals surface area (Å²) in [5, 5.41) is 9.70. The van der Waals surface area contributed by atoms with E-state index in [1.54, 1.807) is 30.3 Å². The van der Waals surface area contributed by atoms with Crippen molar-refractivity contribution >= 4 is 5.78 Å². The number of Topliss-reactive ketones (excluding diaryl/α,β-unsaturated/α-hetero) is 1. The van der Waals surface area contributed by atoms with Crippen LogP contribution in [0.5, 0.6) is 11.5 Å². The van der Waals surface area contributed by atoms with Crippen molar-refractivity contribution in [2.24, 2.45) is 5.73 Å². The van der Waals surface area contributed by atoms with Gasteiger partial charge >= 0.3 is 0 Å². The zero-order chi connectivity index (χ0) is 22.0. The fourth-order valence-corrected chi connectivity index (χ4v) is 3.91. The first kappa shape index (κ1) is 20.5. The molecule has 0 saturated heterocycles. The molecular formula is C24H21FN2O4. The Kier molecular flexibility index (Phi) is 5.63. The minimum Gasteiger partial charge on any atom is -0.493 e. The number of carbonyl (C=O) groups is 1. The number of nitrogens with two attached hydrogens (primary N) is 1. The molecule has 1 aliphatic carbocycles. The highest BCUT2D eigenvalue weighted by molar-refractivity contribution is 5.99. The highest BCUT2D eigenvalue weighted by Gasteiger charge is 2.38. The van der Waals surface area contributed by atoms with Crippen LogP contribution in [0, 0.1) is 17.1 Å². The molecule has 2 N–H and O–H groups in total. The Labute approximate surface area is 179 Å². The maximum atomic E-state index is 13.1. The molecule has 1 heterocycles. The summed E-state index contributed by atoms with van der Waals surface area (Å²) in [5.41, 5.74) is 8.19. The van der Waals surface area contributed by atoms with Crippen LogP contribution >= 0.6 is 0 Å². The number of hydrogen-bond acceptors (Lipinski definition) is 6. The minimum atomic E-state index is -0.610. The van der Waals surface area contributed by atoms with E-state index in [1.807, 2.05) is 0 Å². The molecule has 0 fully saturated rings. The zero-order valence-corrected chi connectivity index (χ0v) is 17.0. The Balaban J connectivity index is 1.67. The van der Waals surface area contributed by atoms with Gasteiger partial charge in [-0.15, -0.1) is 0 Å². The molecule has 158 valence electrons. The first-order valence-corrected chi connectivity index (χ1v) is 9.90.